The molecule has 6 heteroatoms. The fraction of sp³-hybridized carbons (Fsp3) is 0.412. The third-order valence-corrected chi connectivity index (χ3v) is 3.59. The number of ether oxygens (including phenoxy) is 1. The van der Waals surface area contributed by atoms with Gasteiger partial charge in [-0.25, -0.2) is 4.79 Å². The normalized spacial score (nSPS) is 10.7. The molecule has 0 aliphatic carbocycles. The molecule has 23 heavy (non-hydrogen) atoms. The van der Waals surface area contributed by atoms with Crippen LogP contribution in [0.1, 0.15) is 24.5 Å². The number of amides is 1. The molecule has 1 aromatic heterocycles. The molecular weight excluding hydrogens is 298 g/mol. The van der Waals surface area contributed by atoms with E-state index >= 15 is 0 Å². The summed E-state index contributed by atoms with van der Waals surface area (Å²) >= 11 is 0. The van der Waals surface area contributed by atoms with Crippen LogP contribution in [0.4, 0.5) is 0 Å². The van der Waals surface area contributed by atoms with Gasteiger partial charge in [0, 0.05) is 30.2 Å². The van der Waals surface area contributed by atoms with Gasteiger partial charge in [-0.3, -0.25) is 4.79 Å². The topological polar surface area (TPSA) is 88.8 Å². The van der Waals surface area contributed by atoms with E-state index in [1.807, 2.05) is 13.0 Å². The van der Waals surface area contributed by atoms with Crippen LogP contribution in [0.25, 0.3) is 11.0 Å². The molecular formula is C17H21NO5. The highest BCUT2D eigenvalue weighted by molar-refractivity contribution is 5.85. The third kappa shape index (κ3) is 4.10. The average molecular weight is 319 g/mol. The number of carbonyl (C=O) groups is 1. The van der Waals surface area contributed by atoms with Gasteiger partial charge in [0.1, 0.15) is 11.3 Å². The number of aryl methyl sites for hydroxylation is 2. The number of benzene rings is 1. The van der Waals surface area contributed by atoms with Crippen molar-refractivity contribution in [3.63, 3.8) is 0 Å². The van der Waals surface area contributed by atoms with Gasteiger partial charge in [-0.15, -0.1) is 0 Å². The monoisotopic (exact) mass is 319 g/mol. The first-order valence-corrected chi connectivity index (χ1v) is 7.63. The maximum absolute atomic E-state index is 11.6. The van der Waals surface area contributed by atoms with Crippen LogP contribution in [0.2, 0.25) is 0 Å². The molecule has 0 aliphatic heterocycles. The van der Waals surface area contributed by atoms with Crippen LogP contribution in [0, 0.1) is 6.92 Å². The zero-order chi connectivity index (χ0) is 16.8. The Labute approximate surface area is 134 Å². The van der Waals surface area contributed by atoms with Crippen LogP contribution < -0.4 is 15.7 Å². The molecule has 0 unspecified atom stereocenters. The van der Waals surface area contributed by atoms with E-state index in [1.165, 1.54) is 6.07 Å². The lowest BCUT2D eigenvalue weighted by Crippen LogP contribution is -2.30. The van der Waals surface area contributed by atoms with Crippen LogP contribution in [-0.4, -0.2) is 30.8 Å². The predicted octanol–water partition coefficient (Wildman–Crippen LogP) is 1.54. The molecule has 1 heterocycles. The molecule has 0 atom stereocenters. The Morgan fingerprint density at radius 1 is 1.39 bits per heavy atom. The molecule has 0 saturated heterocycles. The minimum Gasteiger partial charge on any atom is -0.483 e. The molecule has 124 valence electrons. The van der Waals surface area contributed by atoms with E-state index < -0.39 is 5.63 Å². The lowest BCUT2D eigenvalue weighted by molar-refractivity contribution is -0.123. The molecule has 0 fully saturated rings. The van der Waals surface area contributed by atoms with Crippen molar-refractivity contribution in [2.45, 2.75) is 26.7 Å². The van der Waals surface area contributed by atoms with Gasteiger partial charge in [0.05, 0.1) is 0 Å². The zero-order valence-electron chi connectivity index (χ0n) is 13.3. The highest BCUT2D eigenvalue weighted by Gasteiger charge is 2.12. The lowest BCUT2D eigenvalue weighted by Gasteiger charge is -2.12. The second-order valence-electron chi connectivity index (χ2n) is 5.23. The van der Waals surface area contributed by atoms with Crippen molar-refractivity contribution in [1.82, 2.24) is 5.32 Å². The summed E-state index contributed by atoms with van der Waals surface area (Å²) in [6.07, 6.45) is 1.24. The summed E-state index contributed by atoms with van der Waals surface area (Å²) in [4.78, 5) is 23.3. The fourth-order valence-corrected chi connectivity index (χ4v) is 2.36. The second-order valence-corrected chi connectivity index (χ2v) is 5.23. The maximum atomic E-state index is 11.6. The van der Waals surface area contributed by atoms with Crippen LogP contribution in [0.3, 0.4) is 0 Å². The van der Waals surface area contributed by atoms with Crippen molar-refractivity contribution in [3.05, 3.63) is 39.7 Å². The summed E-state index contributed by atoms with van der Waals surface area (Å²) in [5.74, 6) is 0.243. The van der Waals surface area contributed by atoms with Crippen molar-refractivity contribution >= 4 is 16.9 Å². The smallest absolute Gasteiger partial charge is 0.336 e. The number of aliphatic hydroxyl groups is 1. The van der Waals surface area contributed by atoms with Crippen molar-refractivity contribution in [2.24, 2.45) is 0 Å². The second kappa shape index (κ2) is 7.78. The van der Waals surface area contributed by atoms with E-state index in [4.69, 9.17) is 14.3 Å². The largest absolute Gasteiger partial charge is 0.483 e. The average Bonchev–Trinajstić information content (AvgIpc) is 2.54. The van der Waals surface area contributed by atoms with Crippen LogP contribution in [-0.2, 0) is 11.2 Å². The Balaban J connectivity index is 2.18. The first kappa shape index (κ1) is 17.0. The fourth-order valence-electron chi connectivity index (χ4n) is 2.36. The number of rotatable bonds is 7. The van der Waals surface area contributed by atoms with E-state index in [2.05, 4.69) is 5.32 Å². The van der Waals surface area contributed by atoms with Crippen molar-refractivity contribution in [3.8, 4) is 5.75 Å². The summed E-state index contributed by atoms with van der Waals surface area (Å²) in [6.45, 7) is 4.08. The van der Waals surface area contributed by atoms with Gasteiger partial charge in [0.2, 0.25) is 0 Å². The van der Waals surface area contributed by atoms with Gasteiger partial charge >= 0.3 is 5.63 Å². The summed E-state index contributed by atoms with van der Waals surface area (Å²) in [6, 6.07) is 5.11. The third-order valence-electron chi connectivity index (χ3n) is 3.59. The summed E-state index contributed by atoms with van der Waals surface area (Å²) in [5.41, 5.74) is 1.72. The number of fused-ring (bicyclic) bond motifs is 1. The molecule has 0 spiro atoms. The van der Waals surface area contributed by atoms with Gasteiger partial charge < -0.3 is 19.6 Å². The maximum Gasteiger partial charge on any atom is 0.336 e. The van der Waals surface area contributed by atoms with E-state index in [0.717, 1.165) is 17.4 Å². The molecule has 0 saturated carbocycles. The molecule has 2 rings (SSSR count). The molecule has 0 radical (unpaired) electrons. The summed E-state index contributed by atoms with van der Waals surface area (Å²) in [5, 5.41) is 12.2. The summed E-state index contributed by atoms with van der Waals surface area (Å²) < 4.78 is 10.8. The summed E-state index contributed by atoms with van der Waals surface area (Å²) in [7, 11) is 0. The Hall–Kier alpha value is -2.34. The Morgan fingerprint density at radius 2 is 2.17 bits per heavy atom. The molecule has 0 aliphatic rings. The van der Waals surface area contributed by atoms with Gasteiger partial charge in [-0.1, -0.05) is 6.92 Å². The predicted molar refractivity (Wildman–Crippen MR) is 86.8 cm³/mol. The van der Waals surface area contributed by atoms with Gasteiger partial charge in [-0.05, 0) is 37.5 Å². The minimum atomic E-state index is -0.392. The van der Waals surface area contributed by atoms with Crippen LogP contribution >= 0.6 is 0 Å². The van der Waals surface area contributed by atoms with Gasteiger partial charge in [0.25, 0.3) is 5.91 Å². The first-order chi connectivity index (χ1) is 11.1. The minimum absolute atomic E-state index is 0.0315. The number of aliphatic hydroxyl groups excluding tert-OH is 1. The quantitative estimate of drug-likeness (QED) is 0.597. The van der Waals surface area contributed by atoms with Crippen molar-refractivity contribution in [1.29, 1.82) is 0 Å². The van der Waals surface area contributed by atoms with Crippen molar-refractivity contribution < 1.29 is 19.1 Å². The lowest BCUT2D eigenvalue weighted by atomic mass is 10.0. The van der Waals surface area contributed by atoms with E-state index in [0.29, 0.717) is 29.9 Å². The molecule has 1 aromatic carbocycles. The van der Waals surface area contributed by atoms with Crippen LogP contribution in [0.5, 0.6) is 5.75 Å². The molecule has 2 N–H and O–H groups in total. The number of nitrogens with one attached hydrogen (secondary N) is 1. The zero-order valence-corrected chi connectivity index (χ0v) is 13.3. The number of hydrogen-bond acceptors (Lipinski definition) is 5. The SMILES string of the molecule is CCc1cc(=O)oc2c(C)c(OCC(=O)NCCCO)ccc12. The van der Waals surface area contributed by atoms with Gasteiger partial charge in [0.15, 0.2) is 6.61 Å². The Kier molecular flexibility index (Phi) is 5.76. The number of carbonyl (C=O) groups excluding carboxylic acids is 1. The van der Waals surface area contributed by atoms with E-state index in [1.54, 1.807) is 13.0 Å². The van der Waals surface area contributed by atoms with E-state index in [-0.39, 0.29) is 19.1 Å². The van der Waals surface area contributed by atoms with Gasteiger partial charge in [-0.2, -0.15) is 0 Å². The molecule has 1 amide bonds. The standard InChI is InChI=1S/C17H21NO5/c1-3-12-9-16(21)23-17-11(2)14(6-5-13(12)17)22-10-15(20)18-7-4-8-19/h5-6,9,19H,3-4,7-8,10H2,1-2H3,(H,18,20). The van der Waals surface area contributed by atoms with Crippen LogP contribution in [0.15, 0.2) is 27.4 Å². The first-order valence-electron chi connectivity index (χ1n) is 7.63. The van der Waals surface area contributed by atoms with Crippen molar-refractivity contribution in [2.75, 3.05) is 19.8 Å². The Bertz CT molecular complexity index is 750. The number of hydrogen-bond donors (Lipinski definition) is 2. The Morgan fingerprint density at radius 3 is 2.87 bits per heavy atom. The molecule has 0 bridgehead atoms. The highest BCUT2D eigenvalue weighted by atomic mass is 16.5. The highest BCUT2D eigenvalue weighted by Crippen LogP contribution is 2.28. The van der Waals surface area contributed by atoms with E-state index in [9.17, 15) is 9.59 Å². The molecule has 2 aromatic rings. The molecule has 6 nitrogen and oxygen atoms in total.